The van der Waals surface area contributed by atoms with E-state index in [2.05, 4.69) is 11.4 Å². The fourth-order valence-electron chi connectivity index (χ4n) is 2.16. The summed E-state index contributed by atoms with van der Waals surface area (Å²) in [5, 5.41) is 11.8. The molecule has 12 heavy (non-hydrogen) atoms. The molecule has 1 saturated heterocycles. The van der Waals surface area contributed by atoms with Crippen LogP contribution in [0.15, 0.2) is 0 Å². The van der Waals surface area contributed by atoms with E-state index in [0.29, 0.717) is 12.5 Å². The monoisotopic (exact) mass is 164 g/mol. The average molecular weight is 164 g/mol. The first kappa shape index (κ1) is 7.60. The molecule has 2 fully saturated rings. The molecule has 2 aliphatic rings. The zero-order valence-corrected chi connectivity index (χ0v) is 7.13. The van der Waals surface area contributed by atoms with Gasteiger partial charge in [0.05, 0.1) is 6.07 Å². The summed E-state index contributed by atoms with van der Waals surface area (Å²) in [4.78, 5) is 11.5. The highest BCUT2D eigenvalue weighted by Crippen LogP contribution is 2.51. The first-order valence-electron chi connectivity index (χ1n) is 4.41. The number of nitrogens with zero attached hydrogens (tertiary/aromatic N) is 1. The van der Waals surface area contributed by atoms with Crippen LogP contribution in [0.5, 0.6) is 0 Å². The Morgan fingerprint density at radius 3 is 2.67 bits per heavy atom. The van der Waals surface area contributed by atoms with Gasteiger partial charge in [0.2, 0.25) is 5.91 Å². The number of nitriles is 1. The molecule has 0 bridgehead atoms. The maximum Gasteiger partial charge on any atom is 0.241 e. The zero-order valence-electron chi connectivity index (χ0n) is 7.13. The highest BCUT2D eigenvalue weighted by molar-refractivity contribution is 5.88. The van der Waals surface area contributed by atoms with Crippen LogP contribution in [0.1, 0.15) is 19.8 Å². The molecular formula is C9H12N2O. The van der Waals surface area contributed by atoms with Crippen LogP contribution in [0.25, 0.3) is 0 Å². The van der Waals surface area contributed by atoms with Crippen LogP contribution in [0, 0.1) is 28.6 Å². The van der Waals surface area contributed by atoms with Crippen molar-refractivity contribution in [3.05, 3.63) is 0 Å². The summed E-state index contributed by atoms with van der Waals surface area (Å²) in [5.41, 5.74) is -0.681. The topological polar surface area (TPSA) is 52.9 Å². The van der Waals surface area contributed by atoms with Gasteiger partial charge in [0, 0.05) is 12.5 Å². The Kier molecular flexibility index (Phi) is 1.41. The second-order valence-corrected chi connectivity index (χ2v) is 3.87. The molecule has 0 radical (unpaired) electrons. The second-order valence-electron chi connectivity index (χ2n) is 3.87. The Morgan fingerprint density at radius 1 is 1.67 bits per heavy atom. The van der Waals surface area contributed by atoms with Gasteiger partial charge in [0.15, 0.2) is 0 Å². The molecule has 0 aromatic heterocycles. The lowest BCUT2D eigenvalue weighted by molar-refractivity contribution is -0.126. The van der Waals surface area contributed by atoms with Crippen molar-refractivity contribution in [2.24, 2.45) is 17.3 Å². The van der Waals surface area contributed by atoms with Gasteiger partial charge >= 0.3 is 0 Å². The van der Waals surface area contributed by atoms with E-state index >= 15 is 0 Å². The number of rotatable bonds is 1. The minimum Gasteiger partial charge on any atom is -0.354 e. The van der Waals surface area contributed by atoms with Gasteiger partial charge < -0.3 is 5.32 Å². The van der Waals surface area contributed by atoms with Crippen LogP contribution < -0.4 is 5.32 Å². The summed E-state index contributed by atoms with van der Waals surface area (Å²) in [7, 11) is 0. The lowest BCUT2D eigenvalue weighted by Crippen LogP contribution is -2.34. The summed E-state index contributed by atoms with van der Waals surface area (Å²) in [5.74, 6) is 0.475. The highest BCUT2D eigenvalue weighted by atomic mass is 16.2. The SMILES string of the molecule is C[C@H]1CNC(=O)[C@]1(C#N)C1CC1. The molecule has 3 nitrogen and oxygen atoms in total. The van der Waals surface area contributed by atoms with Gasteiger partial charge in [-0.3, -0.25) is 4.79 Å². The molecule has 0 aromatic carbocycles. The van der Waals surface area contributed by atoms with E-state index in [4.69, 9.17) is 5.26 Å². The molecule has 3 heteroatoms. The highest BCUT2D eigenvalue weighted by Gasteiger charge is 2.57. The summed E-state index contributed by atoms with van der Waals surface area (Å²) in [6, 6.07) is 2.23. The molecule has 1 saturated carbocycles. The van der Waals surface area contributed by atoms with Crippen molar-refractivity contribution in [1.82, 2.24) is 5.32 Å². The number of hydrogen-bond acceptors (Lipinski definition) is 2. The minimum absolute atomic E-state index is 0.0417. The van der Waals surface area contributed by atoms with Gasteiger partial charge in [-0.2, -0.15) is 5.26 Å². The van der Waals surface area contributed by atoms with Crippen LogP contribution in [0.2, 0.25) is 0 Å². The quantitative estimate of drug-likeness (QED) is 0.619. The standard InChI is InChI=1S/C9H12N2O/c1-6-4-11-8(12)9(6,5-10)7-2-3-7/h6-7H,2-4H2,1H3,(H,11,12)/t6-,9-/m0/s1. The molecule has 1 heterocycles. The molecule has 1 aliphatic heterocycles. The lowest BCUT2D eigenvalue weighted by Gasteiger charge is -2.21. The van der Waals surface area contributed by atoms with E-state index in [1.54, 1.807) is 0 Å². The fourth-order valence-corrected chi connectivity index (χ4v) is 2.16. The third-order valence-electron chi connectivity index (χ3n) is 3.13. The van der Waals surface area contributed by atoms with Crippen LogP contribution >= 0.6 is 0 Å². The van der Waals surface area contributed by atoms with E-state index in [9.17, 15) is 4.79 Å². The van der Waals surface area contributed by atoms with E-state index < -0.39 is 5.41 Å². The van der Waals surface area contributed by atoms with Gasteiger partial charge in [0.25, 0.3) is 0 Å². The predicted octanol–water partition coefficient (Wildman–Crippen LogP) is 0.672. The number of carbonyl (C=O) groups is 1. The lowest BCUT2D eigenvalue weighted by atomic mass is 9.75. The Balaban J connectivity index is 2.36. The van der Waals surface area contributed by atoms with E-state index in [1.165, 1.54) is 0 Å². The van der Waals surface area contributed by atoms with Crippen molar-refractivity contribution in [1.29, 1.82) is 5.26 Å². The molecule has 2 rings (SSSR count). The summed E-state index contributed by atoms with van der Waals surface area (Å²) >= 11 is 0. The summed E-state index contributed by atoms with van der Waals surface area (Å²) in [6.45, 7) is 2.66. The minimum atomic E-state index is -0.681. The maximum atomic E-state index is 11.5. The van der Waals surface area contributed by atoms with Crippen molar-refractivity contribution in [3.8, 4) is 6.07 Å². The van der Waals surface area contributed by atoms with Gasteiger partial charge in [-0.05, 0) is 18.8 Å². The average Bonchev–Trinajstić information content (AvgIpc) is 2.83. The second kappa shape index (κ2) is 2.22. The van der Waals surface area contributed by atoms with Gasteiger partial charge in [-0.15, -0.1) is 0 Å². The first-order chi connectivity index (χ1) is 5.71. The molecule has 0 unspecified atom stereocenters. The summed E-state index contributed by atoms with van der Waals surface area (Å²) in [6.07, 6.45) is 2.09. The van der Waals surface area contributed by atoms with E-state index in [-0.39, 0.29) is 11.8 Å². The van der Waals surface area contributed by atoms with E-state index in [0.717, 1.165) is 12.8 Å². The molecule has 0 aromatic rings. The van der Waals surface area contributed by atoms with Crippen molar-refractivity contribution < 1.29 is 4.79 Å². The smallest absolute Gasteiger partial charge is 0.241 e. The molecule has 0 spiro atoms. The van der Waals surface area contributed by atoms with Gasteiger partial charge in [-0.25, -0.2) is 0 Å². The fraction of sp³-hybridized carbons (Fsp3) is 0.778. The van der Waals surface area contributed by atoms with Gasteiger partial charge in [-0.1, -0.05) is 6.92 Å². The summed E-state index contributed by atoms with van der Waals surface area (Å²) < 4.78 is 0. The number of nitrogens with one attached hydrogen (secondary N) is 1. The van der Waals surface area contributed by atoms with Gasteiger partial charge in [0.1, 0.15) is 5.41 Å². The van der Waals surface area contributed by atoms with Crippen molar-refractivity contribution in [2.45, 2.75) is 19.8 Å². The first-order valence-corrected chi connectivity index (χ1v) is 4.41. The largest absolute Gasteiger partial charge is 0.354 e. The van der Waals surface area contributed by atoms with Crippen LogP contribution in [-0.2, 0) is 4.79 Å². The normalized spacial score (nSPS) is 40.7. The third kappa shape index (κ3) is 0.726. The van der Waals surface area contributed by atoms with Crippen molar-refractivity contribution in [2.75, 3.05) is 6.54 Å². The van der Waals surface area contributed by atoms with Crippen molar-refractivity contribution >= 4 is 5.91 Å². The van der Waals surface area contributed by atoms with Crippen LogP contribution in [0.4, 0.5) is 0 Å². The Bertz CT molecular complexity index is 264. The Labute approximate surface area is 71.8 Å². The Hall–Kier alpha value is -1.04. The number of carbonyl (C=O) groups excluding carboxylic acids is 1. The zero-order chi connectivity index (χ0) is 8.77. The van der Waals surface area contributed by atoms with Crippen LogP contribution in [0.3, 0.4) is 0 Å². The number of amides is 1. The maximum absolute atomic E-state index is 11.5. The van der Waals surface area contributed by atoms with E-state index in [1.807, 2.05) is 6.92 Å². The Morgan fingerprint density at radius 2 is 2.33 bits per heavy atom. The van der Waals surface area contributed by atoms with Crippen LogP contribution in [-0.4, -0.2) is 12.5 Å². The molecule has 1 aliphatic carbocycles. The molecule has 1 amide bonds. The third-order valence-corrected chi connectivity index (χ3v) is 3.13. The number of hydrogen-bond donors (Lipinski definition) is 1. The molecular weight excluding hydrogens is 152 g/mol. The predicted molar refractivity (Wildman–Crippen MR) is 42.9 cm³/mol. The van der Waals surface area contributed by atoms with Crippen molar-refractivity contribution in [3.63, 3.8) is 0 Å². The molecule has 2 atom stereocenters. The molecule has 1 N–H and O–H groups in total. The molecule has 64 valence electrons.